The van der Waals surface area contributed by atoms with Crippen LogP contribution in [0.2, 0.25) is 10.0 Å². The van der Waals surface area contributed by atoms with Crippen molar-refractivity contribution in [2.24, 2.45) is 5.10 Å². The van der Waals surface area contributed by atoms with Crippen molar-refractivity contribution >= 4 is 34.8 Å². The lowest BCUT2D eigenvalue weighted by Crippen LogP contribution is -2.19. The molecule has 0 bridgehead atoms. The largest absolute Gasteiger partial charge is 0.271 e. The van der Waals surface area contributed by atoms with E-state index in [4.69, 9.17) is 23.2 Å². The standard InChI is InChI=1S/C21H16Cl2N2O/c1-14(24-25-21(26)18-11-12-19(22)20(23)13-18)15-7-9-17(10-8-15)16-5-3-2-4-6-16/h2-13H,1H3,(H,25,26). The Morgan fingerprint density at radius 3 is 2.08 bits per heavy atom. The van der Waals surface area contributed by atoms with Crippen LogP contribution >= 0.6 is 23.2 Å². The second-order valence-corrected chi connectivity index (χ2v) is 6.52. The van der Waals surface area contributed by atoms with Gasteiger partial charge < -0.3 is 0 Å². The van der Waals surface area contributed by atoms with Gasteiger partial charge in [0, 0.05) is 5.56 Å². The zero-order valence-corrected chi connectivity index (χ0v) is 15.6. The lowest BCUT2D eigenvalue weighted by molar-refractivity contribution is 0.0955. The van der Waals surface area contributed by atoms with E-state index in [-0.39, 0.29) is 5.91 Å². The number of nitrogens with zero attached hydrogens (tertiary/aromatic N) is 1. The topological polar surface area (TPSA) is 41.5 Å². The molecule has 5 heteroatoms. The van der Waals surface area contributed by atoms with Crippen LogP contribution in [0.15, 0.2) is 77.9 Å². The van der Waals surface area contributed by atoms with Crippen LogP contribution in [0.25, 0.3) is 11.1 Å². The lowest BCUT2D eigenvalue weighted by atomic mass is 10.0. The van der Waals surface area contributed by atoms with Gasteiger partial charge in [-0.2, -0.15) is 5.10 Å². The number of hydrogen-bond acceptors (Lipinski definition) is 2. The van der Waals surface area contributed by atoms with E-state index >= 15 is 0 Å². The van der Waals surface area contributed by atoms with Crippen LogP contribution in [0.5, 0.6) is 0 Å². The smallest absolute Gasteiger partial charge is 0.267 e. The van der Waals surface area contributed by atoms with Crippen molar-refractivity contribution in [3.8, 4) is 11.1 Å². The summed E-state index contributed by atoms with van der Waals surface area (Å²) in [4.78, 5) is 12.2. The zero-order valence-electron chi connectivity index (χ0n) is 14.0. The average Bonchev–Trinajstić information content (AvgIpc) is 2.68. The van der Waals surface area contributed by atoms with E-state index in [2.05, 4.69) is 22.7 Å². The predicted octanol–water partition coefficient (Wildman–Crippen LogP) is 5.81. The van der Waals surface area contributed by atoms with Gasteiger partial charge in [-0.1, -0.05) is 77.8 Å². The minimum Gasteiger partial charge on any atom is -0.267 e. The molecule has 0 saturated heterocycles. The van der Waals surface area contributed by atoms with E-state index in [0.29, 0.717) is 21.3 Å². The van der Waals surface area contributed by atoms with Gasteiger partial charge in [0.25, 0.3) is 5.91 Å². The van der Waals surface area contributed by atoms with Crippen LogP contribution in [0, 0.1) is 0 Å². The number of rotatable bonds is 4. The van der Waals surface area contributed by atoms with Crippen molar-refractivity contribution in [1.82, 2.24) is 5.43 Å². The predicted molar refractivity (Wildman–Crippen MR) is 108 cm³/mol. The van der Waals surface area contributed by atoms with Crippen LogP contribution in [-0.2, 0) is 0 Å². The molecule has 26 heavy (non-hydrogen) atoms. The van der Waals surface area contributed by atoms with E-state index in [1.54, 1.807) is 12.1 Å². The summed E-state index contributed by atoms with van der Waals surface area (Å²) in [5.74, 6) is -0.344. The molecule has 0 aliphatic carbocycles. The number of hydrogen-bond donors (Lipinski definition) is 1. The van der Waals surface area contributed by atoms with Gasteiger partial charge in [0.1, 0.15) is 0 Å². The normalized spacial score (nSPS) is 11.3. The molecule has 0 atom stereocenters. The Morgan fingerprint density at radius 1 is 0.808 bits per heavy atom. The van der Waals surface area contributed by atoms with Crippen LogP contribution in [-0.4, -0.2) is 11.6 Å². The molecule has 1 amide bonds. The van der Waals surface area contributed by atoms with Gasteiger partial charge in [0.05, 0.1) is 15.8 Å². The number of hydrazone groups is 1. The van der Waals surface area contributed by atoms with Crippen LogP contribution < -0.4 is 5.43 Å². The highest BCUT2D eigenvalue weighted by atomic mass is 35.5. The fraction of sp³-hybridized carbons (Fsp3) is 0.0476. The number of benzene rings is 3. The first kappa shape index (κ1) is 18.2. The van der Waals surface area contributed by atoms with Gasteiger partial charge in [0.2, 0.25) is 0 Å². The van der Waals surface area contributed by atoms with Crippen molar-refractivity contribution in [3.05, 3.63) is 94.0 Å². The van der Waals surface area contributed by atoms with E-state index in [1.807, 2.05) is 49.4 Å². The Hall–Kier alpha value is -2.62. The molecule has 0 aliphatic heterocycles. The molecule has 0 fully saturated rings. The first-order valence-corrected chi connectivity index (χ1v) is 8.76. The third-order valence-electron chi connectivity index (χ3n) is 3.92. The first-order valence-electron chi connectivity index (χ1n) is 8.00. The third-order valence-corrected chi connectivity index (χ3v) is 4.66. The molecule has 0 saturated carbocycles. The van der Waals surface area contributed by atoms with Gasteiger partial charge in [-0.05, 0) is 41.8 Å². The van der Waals surface area contributed by atoms with Gasteiger partial charge in [-0.15, -0.1) is 0 Å². The first-order chi connectivity index (χ1) is 12.5. The summed E-state index contributed by atoms with van der Waals surface area (Å²) in [7, 11) is 0. The maximum Gasteiger partial charge on any atom is 0.271 e. The highest BCUT2D eigenvalue weighted by molar-refractivity contribution is 6.42. The molecule has 0 aliphatic rings. The molecular formula is C21H16Cl2N2O. The van der Waals surface area contributed by atoms with Crippen molar-refractivity contribution in [3.63, 3.8) is 0 Å². The second-order valence-electron chi connectivity index (χ2n) is 5.71. The van der Waals surface area contributed by atoms with E-state index in [9.17, 15) is 4.79 Å². The molecule has 0 heterocycles. The molecule has 0 spiro atoms. The second kappa shape index (κ2) is 8.17. The highest BCUT2D eigenvalue weighted by Gasteiger charge is 2.08. The van der Waals surface area contributed by atoms with Gasteiger partial charge in [-0.25, -0.2) is 5.43 Å². The quantitative estimate of drug-likeness (QED) is 0.448. The minimum atomic E-state index is -0.344. The summed E-state index contributed by atoms with van der Waals surface area (Å²) in [5.41, 5.74) is 6.85. The molecule has 3 aromatic carbocycles. The van der Waals surface area contributed by atoms with Crippen LogP contribution in [0.1, 0.15) is 22.8 Å². The van der Waals surface area contributed by atoms with Crippen molar-refractivity contribution in [2.45, 2.75) is 6.92 Å². The maximum atomic E-state index is 12.2. The number of halogens is 2. The monoisotopic (exact) mass is 382 g/mol. The molecule has 3 aromatic rings. The average molecular weight is 383 g/mol. The van der Waals surface area contributed by atoms with Crippen LogP contribution in [0.4, 0.5) is 0 Å². The van der Waals surface area contributed by atoms with Crippen LogP contribution in [0.3, 0.4) is 0 Å². The van der Waals surface area contributed by atoms with Crippen molar-refractivity contribution < 1.29 is 4.79 Å². The van der Waals surface area contributed by atoms with Crippen molar-refractivity contribution in [1.29, 1.82) is 0 Å². The summed E-state index contributed by atoms with van der Waals surface area (Å²) in [6.07, 6.45) is 0. The molecule has 1 N–H and O–H groups in total. The summed E-state index contributed by atoms with van der Waals surface area (Å²) in [5, 5.41) is 4.90. The summed E-state index contributed by atoms with van der Waals surface area (Å²) in [6.45, 7) is 1.84. The maximum absolute atomic E-state index is 12.2. The Kier molecular flexibility index (Phi) is 5.71. The Morgan fingerprint density at radius 2 is 1.42 bits per heavy atom. The Labute approximate surface area is 162 Å². The number of carbonyl (C=O) groups excluding carboxylic acids is 1. The summed E-state index contributed by atoms with van der Waals surface area (Å²) in [6, 6.07) is 22.8. The summed E-state index contributed by atoms with van der Waals surface area (Å²) >= 11 is 11.8. The lowest BCUT2D eigenvalue weighted by Gasteiger charge is -2.06. The minimum absolute atomic E-state index is 0.330. The van der Waals surface area contributed by atoms with E-state index in [1.165, 1.54) is 6.07 Å². The van der Waals surface area contributed by atoms with Gasteiger partial charge in [-0.3, -0.25) is 4.79 Å². The Bertz CT molecular complexity index is 952. The number of carbonyl (C=O) groups is 1. The molecule has 0 radical (unpaired) electrons. The van der Waals surface area contributed by atoms with Gasteiger partial charge in [0.15, 0.2) is 0 Å². The molecule has 130 valence electrons. The van der Waals surface area contributed by atoms with E-state index in [0.717, 1.165) is 16.7 Å². The molecule has 3 rings (SSSR count). The van der Waals surface area contributed by atoms with Gasteiger partial charge >= 0.3 is 0 Å². The number of nitrogens with one attached hydrogen (secondary N) is 1. The molecule has 3 nitrogen and oxygen atoms in total. The SMILES string of the molecule is CC(=NNC(=O)c1ccc(Cl)c(Cl)c1)c1ccc(-c2ccccc2)cc1. The fourth-order valence-electron chi connectivity index (χ4n) is 2.44. The summed E-state index contributed by atoms with van der Waals surface area (Å²) < 4.78 is 0. The van der Waals surface area contributed by atoms with E-state index < -0.39 is 0 Å². The highest BCUT2D eigenvalue weighted by Crippen LogP contribution is 2.22. The Balaban J connectivity index is 1.71. The molecule has 0 aromatic heterocycles. The third kappa shape index (κ3) is 4.31. The fourth-order valence-corrected chi connectivity index (χ4v) is 2.73. The molecular weight excluding hydrogens is 367 g/mol. The number of amides is 1. The zero-order chi connectivity index (χ0) is 18.5. The molecule has 0 unspecified atom stereocenters. The van der Waals surface area contributed by atoms with Crippen molar-refractivity contribution in [2.75, 3.05) is 0 Å².